The quantitative estimate of drug-likeness (QED) is 0.353. The highest BCUT2D eigenvalue weighted by atomic mass is 16.2. The third-order valence-corrected chi connectivity index (χ3v) is 6.05. The molecule has 4 nitrogen and oxygen atoms in total. The molecule has 0 unspecified atom stereocenters. The second kappa shape index (κ2) is 13.6. The molecule has 0 bridgehead atoms. The van der Waals surface area contributed by atoms with E-state index in [1.54, 1.807) is 0 Å². The summed E-state index contributed by atoms with van der Waals surface area (Å²) >= 11 is 0. The van der Waals surface area contributed by atoms with Gasteiger partial charge in [0.15, 0.2) is 0 Å². The van der Waals surface area contributed by atoms with Crippen LogP contribution in [0.5, 0.6) is 0 Å². The Balaban J connectivity index is 2.06. The first-order chi connectivity index (χ1) is 15.4. The highest BCUT2D eigenvalue weighted by Crippen LogP contribution is 2.21. The van der Waals surface area contributed by atoms with Gasteiger partial charge < -0.3 is 10.2 Å². The summed E-state index contributed by atoms with van der Waals surface area (Å²) in [5.74, 6) is 0. The van der Waals surface area contributed by atoms with E-state index in [0.717, 1.165) is 48.9 Å². The van der Waals surface area contributed by atoms with Crippen LogP contribution in [0.3, 0.4) is 0 Å². The van der Waals surface area contributed by atoms with Crippen LogP contribution in [0.4, 0.5) is 10.5 Å². The molecule has 4 heteroatoms. The standard InChI is InChI=1S/C28H39N3O/c1-5-6-12-25-13-15-26(16-14-25)21-31(18-11-9-7-8-10-17-29)28(32)30-27-20-23(3)22(2)19-24(27)4/h13-16,19-20H,5-12,18,21H2,1-4H3,(H,30,32). The van der Waals surface area contributed by atoms with Crippen molar-refractivity contribution in [2.24, 2.45) is 0 Å². The van der Waals surface area contributed by atoms with Crippen LogP contribution < -0.4 is 5.32 Å². The van der Waals surface area contributed by atoms with Gasteiger partial charge in [0.25, 0.3) is 0 Å². The van der Waals surface area contributed by atoms with Gasteiger partial charge in [-0.1, -0.05) is 56.5 Å². The zero-order valence-electron chi connectivity index (χ0n) is 20.3. The maximum absolute atomic E-state index is 13.2. The molecule has 0 heterocycles. The number of carbonyl (C=O) groups excluding carboxylic acids is 1. The molecule has 172 valence electrons. The average Bonchev–Trinajstić information content (AvgIpc) is 2.78. The minimum Gasteiger partial charge on any atom is -0.320 e. The van der Waals surface area contributed by atoms with Gasteiger partial charge in [0.1, 0.15) is 0 Å². The molecule has 2 aromatic carbocycles. The van der Waals surface area contributed by atoms with E-state index in [4.69, 9.17) is 5.26 Å². The predicted octanol–water partition coefficient (Wildman–Crippen LogP) is 7.46. The number of rotatable bonds is 12. The molecular weight excluding hydrogens is 394 g/mol. The zero-order chi connectivity index (χ0) is 23.3. The van der Waals surface area contributed by atoms with E-state index in [9.17, 15) is 4.79 Å². The van der Waals surface area contributed by atoms with Crippen molar-refractivity contribution in [2.45, 2.75) is 85.6 Å². The number of hydrogen-bond acceptors (Lipinski definition) is 2. The normalized spacial score (nSPS) is 10.6. The summed E-state index contributed by atoms with van der Waals surface area (Å²) in [5, 5.41) is 11.8. The number of urea groups is 1. The number of nitrogens with one attached hydrogen (secondary N) is 1. The minimum atomic E-state index is -0.0524. The fourth-order valence-corrected chi connectivity index (χ4v) is 3.81. The van der Waals surface area contributed by atoms with E-state index < -0.39 is 0 Å². The molecule has 0 saturated heterocycles. The monoisotopic (exact) mass is 433 g/mol. The highest BCUT2D eigenvalue weighted by Gasteiger charge is 2.15. The van der Waals surface area contributed by atoms with E-state index in [2.05, 4.69) is 68.6 Å². The Morgan fingerprint density at radius 2 is 1.56 bits per heavy atom. The highest BCUT2D eigenvalue weighted by molar-refractivity contribution is 5.90. The molecule has 0 aliphatic rings. The molecule has 0 aliphatic carbocycles. The number of hydrogen-bond donors (Lipinski definition) is 1. The summed E-state index contributed by atoms with van der Waals surface area (Å²) in [6.45, 7) is 9.72. The van der Waals surface area contributed by atoms with Crippen LogP contribution in [0.25, 0.3) is 0 Å². The van der Waals surface area contributed by atoms with Crippen molar-refractivity contribution in [3.63, 3.8) is 0 Å². The first kappa shape index (κ1) is 25.5. The van der Waals surface area contributed by atoms with Gasteiger partial charge >= 0.3 is 6.03 Å². The minimum absolute atomic E-state index is 0.0524. The number of anilines is 1. The van der Waals surface area contributed by atoms with E-state index in [1.807, 2.05) is 11.8 Å². The van der Waals surface area contributed by atoms with Crippen molar-refractivity contribution < 1.29 is 4.79 Å². The SMILES string of the molecule is CCCCc1ccc(CN(CCCCCCC#N)C(=O)Nc2cc(C)c(C)cc2C)cc1. The number of benzene rings is 2. The van der Waals surface area contributed by atoms with Gasteiger partial charge in [0, 0.05) is 25.2 Å². The van der Waals surface area contributed by atoms with E-state index in [-0.39, 0.29) is 6.03 Å². The van der Waals surface area contributed by atoms with Gasteiger partial charge in [-0.3, -0.25) is 0 Å². The lowest BCUT2D eigenvalue weighted by Gasteiger charge is -2.24. The van der Waals surface area contributed by atoms with Crippen molar-refractivity contribution in [3.8, 4) is 6.07 Å². The van der Waals surface area contributed by atoms with Gasteiger partial charge in [0.05, 0.1) is 6.07 Å². The van der Waals surface area contributed by atoms with Crippen molar-refractivity contribution in [3.05, 3.63) is 64.2 Å². The number of aryl methyl sites for hydroxylation is 4. The smallest absolute Gasteiger partial charge is 0.320 e. The van der Waals surface area contributed by atoms with Crippen molar-refractivity contribution in [1.82, 2.24) is 4.90 Å². The maximum atomic E-state index is 13.2. The molecule has 0 atom stereocenters. The summed E-state index contributed by atoms with van der Waals surface area (Å²) in [4.78, 5) is 15.1. The summed E-state index contributed by atoms with van der Waals surface area (Å²) in [6.07, 6.45) is 8.06. The predicted molar refractivity (Wildman–Crippen MR) is 134 cm³/mol. The molecule has 0 aliphatic heterocycles. The molecule has 0 saturated carbocycles. The van der Waals surface area contributed by atoms with Gasteiger partial charge in [-0.15, -0.1) is 0 Å². The van der Waals surface area contributed by atoms with Crippen LogP contribution in [0.1, 0.15) is 79.7 Å². The fraction of sp³-hybridized carbons (Fsp3) is 0.500. The Morgan fingerprint density at radius 1 is 0.906 bits per heavy atom. The third-order valence-electron chi connectivity index (χ3n) is 6.05. The fourth-order valence-electron chi connectivity index (χ4n) is 3.81. The molecule has 2 rings (SSSR count). The lowest BCUT2D eigenvalue weighted by atomic mass is 10.0. The number of amides is 2. The number of nitriles is 1. The molecule has 1 N–H and O–H groups in total. The van der Waals surface area contributed by atoms with Crippen LogP contribution in [0, 0.1) is 32.1 Å². The molecule has 0 radical (unpaired) electrons. The van der Waals surface area contributed by atoms with Crippen LogP contribution in [0.2, 0.25) is 0 Å². The van der Waals surface area contributed by atoms with Crippen molar-refractivity contribution in [1.29, 1.82) is 5.26 Å². The summed E-state index contributed by atoms with van der Waals surface area (Å²) in [7, 11) is 0. The average molecular weight is 434 g/mol. The lowest BCUT2D eigenvalue weighted by Crippen LogP contribution is -2.35. The van der Waals surface area contributed by atoms with Crippen LogP contribution in [-0.2, 0) is 13.0 Å². The lowest BCUT2D eigenvalue weighted by molar-refractivity contribution is 0.207. The van der Waals surface area contributed by atoms with Crippen LogP contribution >= 0.6 is 0 Å². The Labute approximate surface area is 194 Å². The second-order valence-corrected chi connectivity index (χ2v) is 8.85. The van der Waals surface area contributed by atoms with E-state index >= 15 is 0 Å². The second-order valence-electron chi connectivity index (χ2n) is 8.85. The van der Waals surface area contributed by atoms with Gasteiger partial charge in [-0.2, -0.15) is 5.26 Å². The Bertz CT molecular complexity index is 896. The van der Waals surface area contributed by atoms with Crippen molar-refractivity contribution >= 4 is 11.7 Å². The largest absolute Gasteiger partial charge is 0.322 e. The molecule has 32 heavy (non-hydrogen) atoms. The molecule has 0 spiro atoms. The van der Waals surface area contributed by atoms with E-state index in [0.29, 0.717) is 19.5 Å². The van der Waals surface area contributed by atoms with E-state index in [1.165, 1.54) is 29.5 Å². The van der Waals surface area contributed by atoms with Gasteiger partial charge in [0.2, 0.25) is 0 Å². The van der Waals surface area contributed by atoms with Crippen LogP contribution in [0.15, 0.2) is 36.4 Å². The molecule has 0 fully saturated rings. The first-order valence-electron chi connectivity index (χ1n) is 12.0. The first-order valence-corrected chi connectivity index (χ1v) is 12.0. The molecule has 2 aromatic rings. The number of carbonyl (C=O) groups is 1. The zero-order valence-corrected chi connectivity index (χ0v) is 20.3. The van der Waals surface area contributed by atoms with Gasteiger partial charge in [-0.25, -0.2) is 4.79 Å². The Morgan fingerprint density at radius 3 is 2.25 bits per heavy atom. The Hall–Kier alpha value is -2.80. The molecule has 0 aromatic heterocycles. The topological polar surface area (TPSA) is 56.1 Å². The third kappa shape index (κ3) is 8.38. The molecule has 2 amide bonds. The molecular formula is C28H39N3O. The van der Waals surface area contributed by atoms with Crippen LogP contribution in [-0.4, -0.2) is 17.5 Å². The summed E-state index contributed by atoms with van der Waals surface area (Å²) in [6, 6.07) is 15.0. The summed E-state index contributed by atoms with van der Waals surface area (Å²) < 4.78 is 0. The Kier molecular flexibility index (Phi) is 10.8. The maximum Gasteiger partial charge on any atom is 0.322 e. The summed E-state index contributed by atoms with van der Waals surface area (Å²) in [5.41, 5.74) is 6.89. The van der Waals surface area contributed by atoms with Crippen molar-refractivity contribution in [2.75, 3.05) is 11.9 Å². The van der Waals surface area contributed by atoms with Gasteiger partial charge in [-0.05, 0) is 80.3 Å². The number of unbranched alkanes of at least 4 members (excludes halogenated alkanes) is 5. The number of nitrogens with zero attached hydrogens (tertiary/aromatic N) is 2.